The van der Waals surface area contributed by atoms with Gasteiger partial charge in [0.15, 0.2) is 0 Å². The van der Waals surface area contributed by atoms with E-state index >= 15 is 0 Å². The maximum absolute atomic E-state index is 11.1. The topological polar surface area (TPSA) is 54.4 Å². The van der Waals surface area contributed by atoms with Crippen molar-refractivity contribution in [2.45, 2.75) is 0 Å². The van der Waals surface area contributed by atoms with E-state index in [1.54, 1.807) is 0 Å². The van der Waals surface area contributed by atoms with E-state index in [-0.39, 0.29) is 0 Å². The second kappa shape index (κ2) is 13.0. The zero-order valence-electron chi connectivity index (χ0n) is 32.0. The van der Waals surface area contributed by atoms with Gasteiger partial charge in [0, 0.05) is 44.0 Å². The lowest BCUT2D eigenvalue weighted by molar-refractivity contribution is 0.673. The Hall–Kier alpha value is -8.58. The van der Waals surface area contributed by atoms with Crippen LogP contribution in [0.25, 0.3) is 92.5 Å². The minimum absolute atomic E-state index is 0.440. The van der Waals surface area contributed by atoms with Crippen LogP contribution >= 0.6 is 0 Å². The van der Waals surface area contributed by atoms with Gasteiger partial charge in [0.1, 0.15) is 17.2 Å². The summed E-state index contributed by atoms with van der Waals surface area (Å²) >= 11 is 0. The highest BCUT2D eigenvalue weighted by atomic mass is 16.3. The molecule has 12 aromatic rings. The maximum atomic E-state index is 11.1. The molecule has 3 aromatic heterocycles. The summed E-state index contributed by atoms with van der Waals surface area (Å²) in [6, 6.07) is 66.9. The van der Waals surface area contributed by atoms with Crippen LogP contribution in [0.1, 0.15) is 5.56 Å². The normalized spacial score (nSPS) is 11.6. The SMILES string of the molecule is [C-]#[N+]c1cc(-n2c3ccc(N(c4ccccc4)c4ccccc4)cc3c3c4oc5ccccc5c4ccc32)c(C#N)cc1-n1c2ccccc2c2c3ccccc3ccc21. The zero-order valence-corrected chi connectivity index (χ0v) is 32.0. The number of nitriles is 1. The minimum Gasteiger partial charge on any atom is -0.455 e. The lowest BCUT2D eigenvalue weighted by atomic mass is 10.0. The fourth-order valence-electron chi connectivity index (χ4n) is 9.38. The minimum atomic E-state index is 0.440. The van der Waals surface area contributed by atoms with E-state index in [0.29, 0.717) is 22.6 Å². The molecule has 0 N–H and O–H groups in total. The molecule has 0 aliphatic rings. The molecule has 0 saturated carbocycles. The van der Waals surface area contributed by atoms with Gasteiger partial charge in [0.25, 0.3) is 0 Å². The molecule has 12 rings (SSSR count). The number of fused-ring (bicyclic) bond motifs is 12. The standard InChI is InChI=1S/C54H31N5O/c1-56-44-32-49(35(33-55)30-50(44)59-45-22-12-10-21-42(45)52-39-19-9-8-14-34(39)24-27-47(52)59)58-46-28-25-38(57(36-15-4-2-5-16-36)37-17-6-3-7-18-37)31-43(46)53-48(58)29-26-41-40-20-11-13-23-51(40)60-54(41)53/h2-32H. The molecule has 0 amide bonds. The predicted molar refractivity (Wildman–Crippen MR) is 246 cm³/mol. The van der Waals surface area contributed by atoms with Crippen molar-refractivity contribution in [2.75, 3.05) is 4.90 Å². The summed E-state index contributed by atoms with van der Waals surface area (Å²) in [7, 11) is 0. The van der Waals surface area contributed by atoms with E-state index in [4.69, 9.17) is 11.0 Å². The van der Waals surface area contributed by atoms with Gasteiger partial charge in [-0.1, -0.05) is 103 Å². The Labute approximate surface area is 344 Å². The third-order valence-corrected chi connectivity index (χ3v) is 11.9. The number of nitrogens with zero attached hydrogens (tertiary/aromatic N) is 5. The van der Waals surface area contributed by atoms with Crippen molar-refractivity contribution in [1.82, 2.24) is 9.13 Å². The summed E-state index contributed by atoms with van der Waals surface area (Å²) in [5.41, 5.74) is 10.5. The van der Waals surface area contributed by atoms with Crippen LogP contribution in [0.2, 0.25) is 0 Å². The monoisotopic (exact) mass is 765 g/mol. The van der Waals surface area contributed by atoms with Crippen LogP contribution in [-0.4, -0.2) is 9.13 Å². The number of aromatic nitrogens is 2. The van der Waals surface area contributed by atoms with Gasteiger partial charge in [-0.25, -0.2) is 4.85 Å². The molecule has 9 aromatic carbocycles. The van der Waals surface area contributed by atoms with Crippen LogP contribution in [0.3, 0.4) is 0 Å². The maximum Gasteiger partial charge on any atom is 0.212 e. The molecule has 0 aliphatic carbocycles. The van der Waals surface area contributed by atoms with Gasteiger partial charge < -0.3 is 18.5 Å². The van der Waals surface area contributed by atoms with E-state index < -0.39 is 0 Å². The second-order valence-electron chi connectivity index (χ2n) is 15.1. The second-order valence-corrected chi connectivity index (χ2v) is 15.1. The van der Waals surface area contributed by atoms with Gasteiger partial charge >= 0.3 is 0 Å². The van der Waals surface area contributed by atoms with Crippen molar-refractivity contribution in [3.8, 4) is 17.4 Å². The highest BCUT2D eigenvalue weighted by molar-refractivity contribution is 6.25. The van der Waals surface area contributed by atoms with Gasteiger partial charge in [-0.2, -0.15) is 5.26 Å². The summed E-state index contributed by atoms with van der Waals surface area (Å²) in [5.74, 6) is 0. The Bertz CT molecular complexity index is 3760. The molecule has 3 heterocycles. The molecule has 6 heteroatoms. The first-order chi connectivity index (χ1) is 29.7. The summed E-state index contributed by atoms with van der Waals surface area (Å²) in [5, 5.41) is 19.5. The van der Waals surface area contributed by atoms with E-state index in [9.17, 15) is 5.26 Å². The van der Waals surface area contributed by atoms with Crippen molar-refractivity contribution < 1.29 is 4.42 Å². The Balaban J connectivity index is 1.16. The van der Waals surface area contributed by atoms with Crippen molar-refractivity contribution in [2.24, 2.45) is 0 Å². The smallest absolute Gasteiger partial charge is 0.212 e. The zero-order chi connectivity index (χ0) is 39.9. The predicted octanol–water partition coefficient (Wildman–Crippen LogP) is 14.8. The lowest BCUT2D eigenvalue weighted by Crippen LogP contribution is -2.09. The molecule has 278 valence electrons. The Kier molecular flexibility index (Phi) is 7.26. The first kappa shape index (κ1) is 33.5. The van der Waals surface area contributed by atoms with Gasteiger partial charge in [-0.15, -0.1) is 0 Å². The summed E-state index contributed by atoms with van der Waals surface area (Å²) in [6.07, 6.45) is 0. The number of para-hydroxylation sites is 4. The molecule has 0 bridgehead atoms. The molecule has 0 saturated heterocycles. The number of benzene rings is 9. The summed E-state index contributed by atoms with van der Waals surface area (Å²) in [6.45, 7) is 8.62. The fraction of sp³-hybridized carbons (Fsp3) is 0. The van der Waals surface area contributed by atoms with Crippen LogP contribution in [0.5, 0.6) is 0 Å². The Morgan fingerprint density at radius 2 is 1.10 bits per heavy atom. The molecule has 0 spiro atoms. The first-order valence-corrected chi connectivity index (χ1v) is 19.9. The highest BCUT2D eigenvalue weighted by Gasteiger charge is 2.25. The van der Waals surface area contributed by atoms with Crippen LogP contribution < -0.4 is 4.90 Å². The number of hydrogen-bond acceptors (Lipinski definition) is 3. The van der Waals surface area contributed by atoms with E-state index in [1.807, 2.05) is 48.5 Å². The first-order valence-electron chi connectivity index (χ1n) is 19.9. The molecular formula is C54H31N5O. The summed E-state index contributed by atoms with van der Waals surface area (Å²) in [4.78, 5) is 6.43. The highest BCUT2D eigenvalue weighted by Crippen LogP contribution is 2.46. The molecular weight excluding hydrogens is 735 g/mol. The molecule has 0 atom stereocenters. The molecule has 0 radical (unpaired) electrons. The molecule has 0 unspecified atom stereocenters. The van der Waals surface area contributed by atoms with Crippen molar-refractivity contribution in [3.05, 3.63) is 205 Å². The quantitative estimate of drug-likeness (QED) is 0.164. The fourth-order valence-corrected chi connectivity index (χ4v) is 9.38. The number of furan rings is 1. The van der Waals surface area contributed by atoms with Crippen molar-refractivity contribution >= 4 is 99.1 Å². The Morgan fingerprint density at radius 1 is 0.483 bits per heavy atom. The average Bonchev–Trinajstić information content (AvgIpc) is 3.97. The Morgan fingerprint density at radius 3 is 1.87 bits per heavy atom. The van der Waals surface area contributed by atoms with Crippen LogP contribution in [0.15, 0.2) is 192 Å². The third-order valence-electron chi connectivity index (χ3n) is 11.9. The van der Waals surface area contributed by atoms with Gasteiger partial charge in [-0.05, 0) is 95.7 Å². The van der Waals surface area contributed by atoms with Gasteiger partial charge in [0.05, 0.1) is 51.0 Å². The van der Waals surface area contributed by atoms with Crippen LogP contribution in [0.4, 0.5) is 22.7 Å². The number of rotatable bonds is 5. The van der Waals surface area contributed by atoms with Crippen LogP contribution in [-0.2, 0) is 0 Å². The van der Waals surface area contributed by atoms with Gasteiger partial charge in [-0.3, -0.25) is 0 Å². The van der Waals surface area contributed by atoms with E-state index in [0.717, 1.165) is 93.4 Å². The van der Waals surface area contributed by atoms with E-state index in [2.05, 4.69) is 164 Å². The lowest BCUT2D eigenvalue weighted by Gasteiger charge is -2.25. The number of hydrogen-bond donors (Lipinski definition) is 0. The summed E-state index contributed by atoms with van der Waals surface area (Å²) < 4.78 is 11.0. The number of anilines is 3. The van der Waals surface area contributed by atoms with E-state index in [1.165, 1.54) is 0 Å². The molecule has 6 nitrogen and oxygen atoms in total. The third kappa shape index (κ3) is 4.80. The molecule has 60 heavy (non-hydrogen) atoms. The van der Waals surface area contributed by atoms with Crippen molar-refractivity contribution in [3.63, 3.8) is 0 Å². The van der Waals surface area contributed by atoms with Crippen LogP contribution in [0, 0.1) is 17.9 Å². The van der Waals surface area contributed by atoms with Crippen molar-refractivity contribution in [1.29, 1.82) is 5.26 Å². The van der Waals surface area contributed by atoms with Gasteiger partial charge in [0.2, 0.25) is 5.69 Å². The molecule has 0 aliphatic heterocycles. The largest absolute Gasteiger partial charge is 0.455 e. The molecule has 0 fully saturated rings. The average molecular weight is 766 g/mol.